The zero-order valence-corrected chi connectivity index (χ0v) is 10.9. The minimum Gasteiger partial charge on any atom is -0.550 e. The summed E-state index contributed by atoms with van der Waals surface area (Å²) in [5, 5.41) is 11.0. The largest absolute Gasteiger partial charge is 0.550 e. The molecule has 18 heavy (non-hydrogen) atoms. The quantitative estimate of drug-likeness (QED) is 0.419. The maximum Gasteiger partial charge on any atom is 0.311 e. The Hall–Kier alpha value is -1.76. The first-order chi connectivity index (χ1) is 8.26. The van der Waals surface area contributed by atoms with Crippen LogP contribution in [0, 0.1) is 24.2 Å². The van der Waals surface area contributed by atoms with Crippen molar-refractivity contribution in [1.29, 1.82) is 0 Å². The van der Waals surface area contributed by atoms with E-state index in [0.717, 1.165) is 5.57 Å². The fourth-order valence-corrected chi connectivity index (χ4v) is 1.93. The Bertz CT molecular complexity index is 426. The molecule has 1 rings (SSSR count). The molecule has 0 unspecified atom stereocenters. The van der Waals surface area contributed by atoms with Gasteiger partial charge in [-0.05, 0) is 33.6 Å². The van der Waals surface area contributed by atoms with Crippen LogP contribution in [0.3, 0.4) is 0 Å². The number of hydrogen-bond donors (Lipinski definition) is 0. The van der Waals surface area contributed by atoms with E-state index in [2.05, 4.69) is 5.92 Å². The number of carboxylic acid groups (broad SMARTS) is 1. The molecule has 0 fully saturated rings. The number of ether oxygens (including phenoxy) is 1. The van der Waals surface area contributed by atoms with E-state index in [1.54, 1.807) is 13.8 Å². The monoisotopic (exact) mass is 249 g/mol. The van der Waals surface area contributed by atoms with Crippen LogP contribution in [0.4, 0.5) is 0 Å². The van der Waals surface area contributed by atoms with Crippen molar-refractivity contribution in [1.82, 2.24) is 0 Å². The number of rotatable bonds is 3. The van der Waals surface area contributed by atoms with Crippen molar-refractivity contribution < 1.29 is 19.4 Å². The van der Waals surface area contributed by atoms with Gasteiger partial charge < -0.3 is 14.6 Å². The predicted octanol–water partition coefficient (Wildman–Crippen LogP) is 0.664. The van der Waals surface area contributed by atoms with Crippen LogP contribution in [0.2, 0.25) is 0 Å². The summed E-state index contributed by atoms with van der Waals surface area (Å²) in [5.74, 6) is -1.00. The lowest BCUT2D eigenvalue weighted by Crippen LogP contribution is -2.42. The molecular weight excluding hydrogens is 232 g/mol. The highest BCUT2D eigenvalue weighted by molar-refractivity contribution is 5.81. The molecule has 98 valence electrons. The molecule has 0 amide bonds. The van der Waals surface area contributed by atoms with Crippen LogP contribution in [-0.4, -0.2) is 17.5 Å². The average Bonchev–Trinajstić information content (AvgIpc) is 2.28. The van der Waals surface area contributed by atoms with E-state index in [1.165, 1.54) is 0 Å². The molecule has 0 heterocycles. The van der Waals surface area contributed by atoms with Crippen molar-refractivity contribution >= 4 is 11.9 Å². The van der Waals surface area contributed by atoms with Crippen LogP contribution in [-0.2, 0) is 14.3 Å². The molecule has 4 heteroatoms. The number of carbonyl (C=O) groups is 2. The van der Waals surface area contributed by atoms with E-state index in [-0.39, 0.29) is 0 Å². The van der Waals surface area contributed by atoms with Crippen LogP contribution in [0.25, 0.3) is 0 Å². The van der Waals surface area contributed by atoms with E-state index < -0.39 is 29.4 Å². The van der Waals surface area contributed by atoms with Gasteiger partial charge in [0.1, 0.15) is 0 Å². The molecule has 0 aromatic heterocycles. The van der Waals surface area contributed by atoms with Gasteiger partial charge in [0, 0.05) is 11.9 Å². The third-order valence-corrected chi connectivity index (χ3v) is 3.06. The molecular formula is C14H17O4-. The second-order valence-electron chi connectivity index (χ2n) is 5.10. The van der Waals surface area contributed by atoms with Gasteiger partial charge in [0.2, 0.25) is 0 Å². The lowest BCUT2D eigenvalue weighted by molar-refractivity contribution is -0.313. The van der Waals surface area contributed by atoms with Crippen LogP contribution >= 0.6 is 0 Å². The third-order valence-electron chi connectivity index (χ3n) is 3.06. The normalized spacial score (nSPS) is 23.8. The summed E-state index contributed by atoms with van der Waals surface area (Å²) >= 11 is 0. The fourth-order valence-electron chi connectivity index (χ4n) is 1.93. The lowest BCUT2D eigenvalue weighted by Gasteiger charge is -2.31. The number of carboxylic acids is 1. The second kappa shape index (κ2) is 5.26. The smallest absolute Gasteiger partial charge is 0.311 e. The molecule has 2 atom stereocenters. The molecule has 0 saturated heterocycles. The van der Waals surface area contributed by atoms with Crippen molar-refractivity contribution in [3.05, 3.63) is 11.6 Å². The van der Waals surface area contributed by atoms with Crippen LogP contribution in [0.5, 0.6) is 0 Å². The van der Waals surface area contributed by atoms with Crippen LogP contribution < -0.4 is 5.11 Å². The minimum absolute atomic E-state index is 0.296. The molecule has 1 aliphatic rings. The van der Waals surface area contributed by atoms with Crippen molar-refractivity contribution in [2.24, 2.45) is 11.8 Å². The SMILES string of the molecule is C#CC(C)(C)OC(=O)[C@H]1CC(C)=CC[C@@H]1C(=O)[O-]. The molecule has 0 N–H and O–H groups in total. The highest BCUT2D eigenvalue weighted by Gasteiger charge is 2.35. The average molecular weight is 249 g/mol. The highest BCUT2D eigenvalue weighted by atomic mass is 16.6. The third kappa shape index (κ3) is 3.36. The molecule has 0 aromatic rings. The van der Waals surface area contributed by atoms with Crippen LogP contribution in [0.1, 0.15) is 33.6 Å². The van der Waals surface area contributed by atoms with E-state index in [4.69, 9.17) is 11.2 Å². The first kappa shape index (κ1) is 14.3. The lowest BCUT2D eigenvalue weighted by atomic mass is 9.80. The number of aliphatic carboxylic acids is 1. The van der Waals surface area contributed by atoms with E-state index >= 15 is 0 Å². The van der Waals surface area contributed by atoms with Gasteiger partial charge in [-0.2, -0.15) is 0 Å². The number of carbonyl (C=O) groups excluding carboxylic acids is 2. The molecule has 0 radical (unpaired) electrons. The Balaban J connectivity index is 2.86. The summed E-state index contributed by atoms with van der Waals surface area (Å²) in [4.78, 5) is 23.0. The van der Waals surface area contributed by atoms with Gasteiger partial charge >= 0.3 is 5.97 Å². The predicted molar refractivity (Wildman–Crippen MR) is 64.0 cm³/mol. The molecule has 0 bridgehead atoms. The van der Waals surface area contributed by atoms with Gasteiger partial charge in [0.25, 0.3) is 0 Å². The number of terminal acetylenes is 1. The van der Waals surface area contributed by atoms with E-state index in [9.17, 15) is 14.7 Å². The van der Waals surface area contributed by atoms with Gasteiger partial charge in [-0.3, -0.25) is 4.79 Å². The molecule has 0 aliphatic heterocycles. The fraction of sp³-hybridized carbons (Fsp3) is 0.571. The number of hydrogen-bond acceptors (Lipinski definition) is 4. The zero-order valence-electron chi connectivity index (χ0n) is 10.9. The van der Waals surface area contributed by atoms with Crippen molar-refractivity contribution in [2.75, 3.05) is 0 Å². The maximum atomic E-state index is 12.0. The molecule has 1 aliphatic carbocycles. The van der Waals surface area contributed by atoms with Crippen molar-refractivity contribution in [3.8, 4) is 12.3 Å². The van der Waals surface area contributed by atoms with Gasteiger partial charge in [-0.1, -0.05) is 17.6 Å². The second-order valence-corrected chi connectivity index (χ2v) is 5.10. The summed E-state index contributed by atoms with van der Waals surface area (Å²) in [5.41, 5.74) is -0.0456. The molecule has 0 aromatic carbocycles. The van der Waals surface area contributed by atoms with Crippen LogP contribution in [0.15, 0.2) is 11.6 Å². The topological polar surface area (TPSA) is 66.4 Å². The Labute approximate surface area is 107 Å². The minimum atomic E-state index is -1.22. The van der Waals surface area contributed by atoms with E-state index in [1.807, 2.05) is 13.0 Å². The van der Waals surface area contributed by atoms with Gasteiger partial charge in [-0.15, -0.1) is 6.42 Å². The first-order valence-electron chi connectivity index (χ1n) is 5.84. The summed E-state index contributed by atoms with van der Waals surface area (Å²) in [6.07, 6.45) is 7.72. The Morgan fingerprint density at radius 3 is 2.61 bits per heavy atom. The summed E-state index contributed by atoms with van der Waals surface area (Å²) in [6.45, 7) is 5.03. The molecule has 0 saturated carbocycles. The highest BCUT2D eigenvalue weighted by Crippen LogP contribution is 2.31. The Morgan fingerprint density at radius 2 is 2.11 bits per heavy atom. The number of esters is 1. The number of allylic oxidation sites excluding steroid dienone is 2. The Kier molecular flexibility index (Phi) is 4.18. The van der Waals surface area contributed by atoms with Crippen molar-refractivity contribution in [2.45, 2.75) is 39.2 Å². The summed E-state index contributed by atoms with van der Waals surface area (Å²) < 4.78 is 5.16. The van der Waals surface area contributed by atoms with Crippen molar-refractivity contribution in [3.63, 3.8) is 0 Å². The molecule has 0 spiro atoms. The van der Waals surface area contributed by atoms with Gasteiger partial charge in [0.15, 0.2) is 5.60 Å². The molecule has 4 nitrogen and oxygen atoms in total. The summed E-state index contributed by atoms with van der Waals surface area (Å²) in [6, 6.07) is 0. The Morgan fingerprint density at radius 1 is 1.50 bits per heavy atom. The van der Waals surface area contributed by atoms with Gasteiger partial charge in [-0.25, -0.2) is 0 Å². The van der Waals surface area contributed by atoms with E-state index in [0.29, 0.717) is 12.8 Å². The van der Waals surface area contributed by atoms with Gasteiger partial charge in [0.05, 0.1) is 5.92 Å². The standard InChI is InChI=1S/C14H18O4/c1-5-14(3,4)18-13(17)11-8-9(2)6-7-10(11)12(15)16/h1,6,10-11H,7-8H2,2-4H3,(H,15,16)/p-1/t10-,11-/m0/s1. The zero-order chi connectivity index (χ0) is 13.9. The summed E-state index contributed by atoms with van der Waals surface area (Å²) in [7, 11) is 0. The first-order valence-corrected chi connectivity index (χ1v) is 5.84. The maximum absolute atomic E-state index is 12.0.